The Bertz CT molecular complexity index is 1330. The summed E-state index contributed by atoms with van der Waals surface area (Å²) in [6.45, 7) is 6.40. The van der Waals surface area contributed by atoms with Gasteiger partial charge in [-0.25, -0.2) is 4.68 Å². The number of rotatable bonds is 2. The third-order valence-electron chi connectivity index (χ3n) is 5.44. The first-order valence-corrected chi connectivity index (χ1v) is 9.53. The van der Waals surface area contributed by atoms with E-state index in [4.69, 9.17) is 10.1 Å². The van der Waals surface area contributed by atoms with Gasteiger partial charge in [0, 0.05) is 22.5 Å². The monoisotopic (exact) mass is 363 g/mol. The number of aromatic nitrogens is 3. The van der Waals surface area contributed by atoms with E-state index in [0.29, 0.717) is 0 Å². The maximum atomic E-state index is 5.06. The molecule has 0 unspecified atom stereocenters. The number of aryl methyl sites for hydroxylation is 3. The predicted octanol–water partition coefficient (Wildman–Crippen LogP) is 6.17. The summed E-state index contributed by atoms with van der Waals surface area (Å²) in [7, 11) is 0. The summed E-state index contributed by atoms with van der Waals surface area (Å²) in [4.78, 5) is 4.72. The predicted molar refractivity (Wildman–Crippen MR) is 116 cm³/mol. The molecule has 0 aliphatic carbocycles. The summed E-state index contributed by atoms with van der Waals surface area (Å²) in [6.07, 6.45) is 1.96. The minimum absolute atomic E-state index is 0.963. The fourth-order valence-corrected chi connectivity index (χ4v) is 3.75. The van der Waals surface area contributed by atoms with Crippen molar-refractivity contribution in [2.75, 3.05) is 0 Å². The second-order valence-corrected chi connectivity index (χ2v) is 7.44. The Morgan fingerprint density at radius 1 is 0.750 bits per heavy atom. The number of hydrogen-bond donors (Lipinski definition) is 0. The van der Waals surface area contributed by atoms with Gasteiger partial charge in [-0.1, -0.05) is 48.0 Å². The molecule has 0 amide bonds. The molecule has 0 saturated heterocycles. The summed E-state index contributed by atoms with van der Waals surface area (Å²) >= 11 is 0. The van der Waals surface area contributed by atoms with Crippen LogP contribution >= 0.6 is 0 Å². The zero-order valence-electron chi connectivity index (χ0n) is 16.3. The van der Waals surface area contributed by atoms with Gasteiger partial charge in [0.2, 0.25) is 0 Å². The number of hydrogen-bond acceptors (Lipinski definition) is 2. The van der Waals surface area contributed by atoms with E-state index in [1.807, 2.05) is 12.3 Å². The van der Waals surface area contributed by atoms with Crippen molar-refractivity contribution in [3.05, 3.63) is 89.6 Å². The van der Waals surface area contributed by atoms with Crippen LogP contribution in [0.4, 0.5) is 0 Å². The highest BCUT2D eigenvalue weighted by Gasteiger charge is 2.17. The van der Waals surface area contributed by atoms with Gasteiger partial charge in [-0.3, -0.25) is 4.98 Å². The van der Waals surface area contributed by atoms with Crippen LogP contribution in [0.1, 0.15) is 16.7 Å². The van der Waals surface area contributed by atoms with Crippen molar-refractivity contribution < 1.29 is 0 Å². The topological polar surface area (TPSA) is 30.7 Å². The third kappa shape index (κ3) is 2.59. The van der Waals surface area contributed by atoms with Crippen molar-refractivity contribution in [1.29, 1.82) is 0 Å². The van der Waals surface area contributed by atoms with E-state index in [1.165, 1.54) is 16.7 Å². The minimum atomic E-state index is 0.963. The molecular formula is C25H21N3. The molecule has 0 bridgehead atoms. The minimum Gasteiger partial charge on any atom is -0.255 e. The molecule has 2 heterocycles. The lowest BCUT2D eigenvalue weighted by Gasteiger charge is -2.09. The van der Waals surface area contributed by atoms with Gasteiger partial charge in [-0.2, -0.15) is 5.10 Å². The van der Waals surface area contributed by atoms with Crippen LogP contribution in [0.3, 0.4) is 0 Å². The van der Waals surface area contributed by atoms with Gasteiger partial charge in [0.1, 0.15) is 5.69 Å². The lowest BCUT2D eigenvalue weighted by Crippen LogP contribution is -1.98. The van der Waals surface area contributed by atoms with Crippen molar-refractivity contribution in [2.45, 2.75) is 20.8 Å². The van der Waals surface area contributed by atoms with Crippen molar-refractivity contribution in [3.8, 4) is 16.9 Å². The highest BCUT2D eigenvalue weighted by molar-refractivity contribution is 6.08. The van der Waals surface area contributed by atoms with E-state index >= 15 is 0 Å². The second-order valence-electron chi connectivity index (χ2n) is 7.44. The van der Waals surface area contributed by atoms with Crippen LogP contribution in [0.15, 0.2) is 72.9 Å². The summed E-state index contributed by atoms with van der Waals surface area (Å²) < 4.78 is 2.08. The average molecular weight is 363 g/mol. The fraction of sp³-hybridized carbons (Fsp3) is 0.120. The molecule has 0 radical (unpaired) electrons. The highest BCUT2D eigenvalue weighted by Crippen LogP contribution is 2.34. The number of nitrogens with zero attached hydrogens (tertiary/aromatic N) is 3. The van der Waals surface area contributed by atoms with Crippen LogP contribution in [0, 0.1) is 20.8 Å². The van der Waals surface area contributed by atoms with Crippen LogP contribution in [0.2, 0.25) is 0 Å². The third-order valence-corrected chi connectivity index (χ3v) is 5.44. The average Bonchev–Trinajstić information content (AvgIpc) is 3.11. The molecule has 3 heteroatoms. The van der Waals surface area contributed by atoms with Crippen LogP contribution in [-0.2, 0) is 0 Å². The first kappa shape index (κ1) is 16.7. The normalized spacial score (nSPS) is 11.4. The van der Waals surface area contributed by atoms with E-state index in [1.54, 1.807) is 0 Å². The molecule has 0 atom stereocenters. The first-order valence-electron chi connectivity index (χ1n) is 9.53. The van der Waals surface area contributed by atoms with Gasteiger partial charge in [-0.05, 0) is 56.2 Å². The van der Waals surface area contributed by atoms with Crippen LogP contribution in [0.25, 0.3) is 38.8 Å². The van der Waals surface area contributed by atoms with Crippen molar-refractivity contribution >= 4 is 21.8 Å². The summed E-state index contributed by atoms with van der Waals surface area (Å²) in [6, 6.07) is 23.3. The quantitative estimate of drug-likeness (QED) is 0.376. The van der Waals surface area contributed by atoms with Crippen molar-refractivity contribution in [2.24, 2.45) is 0 Å². The van der Waals surface area contributed by atoms with E-state index in [0.717, 1.165) is 38.8 Å². The van der Waals surface area contributed by atoms with E-state index in [9.17, 15) is 0 Å². The SMILES string of the molecule is Cc1ccc2ncc3c(-c4ccccc4)nn(-c4ccc(C)c(C)c4)c3c2c1. The maximum absolute atomic E-state index is 5.06. The van der Waals surface area contributed by atoms with Gasteiger partial charge in [0.15, 0.2) is 0 Å². The second kappa shape index (κ2) is 6.31. The molecule has 3 nitrogen and oxygen atoms in total. The molecule has 0 fully saturated rings. The Hall–Kier alpha value is -3.46. The standard InChI is InChI=1S/C25H21N3/c1-16-9-12-23-21(13-16)25-22(15-26-23)24(19-7-5-4-6-8-19)27-28(25)20-11-10-17(2)18(3)14-20/h4-15H,1-3H3. The number of benzene rings is 3. The summed E-state index contributed by atoms with van der Waals surface area (Å²) in [5.74, 6) is 0. The van der Waals surface area contributed by atoms with E-state index in [-0.39, 0.29) is 0 Å². The molecule has 0 N–H and O–H groups in total. The summed E-state index contributed by atoms with van der Waals surface area (Å²) in [5.41, 5.74) is 9.00. The van der Waals surface area contributed by atoms with Crippen LogP contribution < -0.4 is 0 Å². The van der Waals surface area contributed by atoms with Gasteiger partial charge in [0.05, 0.1) is 16.7 Å². The molecular weight excluding hydrogens is 342 g/mol. The number of pyridine rings is 1. The Kier molecular flexibility index (Phi) is 3.76. The molecule has 0 aliphatic heterocycles. The fourth-order valence-electron chi connectivity index (χ4n) is 3.75. The maximum Gasteiger partial charge on any atom is 0.102 e. The lowest BCUT2D eigenvalue weighted by atomic mass is 10.1. The molecule has 0 spiro atoms. The zero-order valence-corrected chi connectivity index (χ0v) is 16.3. The van der Waals surface area contributed by atoms with Crippen molar-refractivity contribution in [1.82, 2.24) is 14.8 Å². The lowest BCUT2D eigenvalue weighted by molar-refractivity contribution is 0.915. The van der Waals surface area contributed by atoms with E-state index < -0.39 is 0 Å². The smallest absolute Gasteiger partial charge is 0.102 e. The Balaban J connectivity index is 1.92. The Morgan fingerprint density at radius 3 is 2.36 bits per heavy atom. The zero-order chi connectivity index (χ0) is 19.3. The Labute approximate surface area is 164 Å². The molecule has 0 aliphatic rings. The Morgan fingerprint density at radius 2 is 1.57 bits per heavy atom. The molecule has 5 aromatic rings. The molecule has 3 aromatic carbocycles. The highest BCUT2D eigenvalue weighted by atomic mass is 15.3. The van der Waals surface area contributed by atoms with E-state index in [2.05, 4.69) is 86.1 Å². The van der Waals surface area contributed by atoms with Gasteiger partial charge < -0.3 is 0 Å². The van der Waals surface area contributed by atoms with Gasteiger partial charge >= 0.3 is 0 Å². The van der Waals surface area contributed by atoms with Gasteiger partial charge in [0.25, 0.3) is 0 Å². The molecule has 5 rings (SSSR count). The molecule has 28 heavy (non-hydrogen) atoms. The molecule has 136 valence electrons. The van der Waals surface area contributed by atoms with Crippen LogP contribution in [-0.4, -0.2) is 14.8 Å². The first-order chi connectivity index (χ1) is 13.6. The molecule has 2 aromatic heterocycles. The van der Waals surface area contributed by atoms with Gasteiger partial charge in [-0.15, -0.1) is 0 Å². The largest absolute Gasteiger partial charge is 0.255 e. The van der Waals surface area contributed by atoms with Crippen LogP contribution in [0.5, 0.6) is 0 Å². The summed E-state index contributed by atoms with van der Waals surface area (Å²) in [5, 5.41) is 7.26. The number of fused-ring (bicyclic) bond motifs is 3. The molecule has 0 saturated carbocycles. The van der Waals surface area contributed by atoms with Crippen molar-refractivity contribution in [3.63, 3.8) is 0 Å².